The maximum absolute atomic E-state index is 13.0. The van der Waals surface area contributed by atoms with Crippen molar-refractivity contribution in [3.8, 4) is 5.75 Å². The molecule has 1 fully saturated rings. The summed E-state index contributed by atoms with van der Waals surface area (Å²) in [4.78, 5) is 63.9. The van der Waals surface area contributed by atoms with Crippen LogP contribution in [-0.2, 0) is 14.4 Å². The molecule has 1 aromatic carbocycles. The predicted octanol–water partition coefficient (Wildman–Crippen LogP) is -0.0437. The Morgan fingerprint density at radius 3 is 2.68 bits per heavy atom. The fraction of sp³-hybridized carbons (Fsp3) is 0.450. The number of hydrogen-bond donors (Lipinski definition) is 2. The van der Waals surface area contributed by atoms with E-state index < -0.39 is 29.7 Å². The minimum atomic E-state index is -1.05. The van der Waals surface area contributed by atoms with Gasteiger partial charge in [0.2, 0.25) is 11.8 Å². The van der Waals surface area contributed by atoms with E-state index >= 15 is 0 Å². The van der Waals surface area contributed by atoms with Crippen molar-refractivity contribution in [1.29, 1.82) is 0 Å². The zero-order chi connectivity index (χ0) is 21.8. The lowest BCUT2D eigenvalue weighted by atomic mass is 10.0. The molecule has 0 spiro atoms. The molecule has 2 N–H and O–H groups in total. The van der Waals surface area contributed by atoms with Crippen LogP contribution in [0.2, 0.25) is 0 Å². The Balaban J connectivity index is 0.00000341. The van der Waals surface area contributed by atoms with Crippen molar-refractivity contribution in [2.24, 2.45) is 0 Å². The normalized spacial score (nSPS) is 17.7. The Morgan fingerprint density at radius 1 is 1.26 bits per heavy atom. The highest BCUT2D eigenvalue weighted by Gasteiger charge is 2.46. The lowest BCUT2D eigenvalue weighted by molar-refractivity contribution is -0.136. The molecule has 0 aliphatic carbocycles. The summed E-state index contributed by atoms with van der Waals surface area (Å²) in [5, 5.41) is 5.16. The molecule has 1 saturated heterocycles. The first-order valence-corrected chi connectivity index (χ1v) is 9.71. The monoisotopic (exact) mass is 452 g/mol. The van der Waals surface area contributed by atoms with Crippen LogP contribution in [0, 0.1) is 0 Å². The van der Waals surface area contributed by atoms with Gasteiger partial charge in [-0.15, -0.1) is 12.4 Å². The van der Waals surface area contributed by atoms with Gasteiger partial charge in [-0.05, 0) is 38.6 Å². The summed E-state index contributed by atoms with van der Waals surface area (Å²) in [6.07, 6.45) is 0.900. The molecule has 168 valence electrons. The van der Waals surface area contributed by atoms with Gasteiger partial charge in [0.05, 0.1) is 11.1 Å². The number of nitrogens with one attached hydrogen (secondary N) is 2. The van der Waals surface area contributed by atoms with E-state index in [0.717, 1.165) is 17.9 Å². The van der Waals surface area contributed by atoms with Crippen LogP contribution >= 0.6 is 12.4 Å². The van der Waals surface area contributed by atoms with Gasteiger partial charge in [-0.25, -0.2) is 0 Å². The SMILES string of the molecule is CNCCCN(C)C(=O)COc1cccc2c1C(=O)N(C1CCC(=O)NC1=O)C2=O.Cl. The van der Waals surface area contributed by atoms with Gasteiger partial charge in [0.1, 0.15) is 11.8 Å². The molecule has 0 radical (unpaired) electrons. The average Bonchev–Trinajstić information content (AvgIpc) is 2.97. The quantitative estimate of drug-likeness (QED) is 0.418. The highest BCUT2D eigenvalue weighted by Crippen LogP contribution is 2.33. The second-order valence-electron chi connectivity index (χ2n) is 7.19. The van der Waals surface area contributed by atoms with Crippen LogP contribution in [0.3, 0.4) is 0 Å². The van der Waals surface area contributed by atoms with Crippen LogP contribution in [0.25, 0.3) is 0 Å². The molecule has 1 aromatic rings. The third-order valence-corrected chi connectivity index (χ3v) is 5.13. The van der Waals surface area contributed by atoms with Crippen molar-refractivity contribution in [2.75, 3.05) is 33.8 Å². The number of hydrogen-bond acceptors (Lipinski definition) is 7. The number of likely N-dealkylation sites (N-methyl/N-ethyl adjacent to an activating group) is 1. The molecule has 10 nitrogen and oxygen atoms in total. The van der Waals surface area contributed by atoms with Gasteiger partial charge in [-0.1, -0.05) is 6.07 Å². The second kappa shape index (κ2) is 10.4. The van der Waals surface area contributed by atoms with E-state index in [-0.39, 0.29) is 54.6 Å². The largest absolute Gasteiger partial charge is 0.483 e. The Labute approximate surface area is 185 Å². The van der Waals surface area contributed by atoms with Crippen LogP contribution in [0.5, 0.6) is 5.75 Å². The number of rotatable bonds is 8. The molecule has 1 atom stereocenters. The van der Waals surface area contributed by atoms with Crippen molar-refractivity contribution >= 4 is 41.9 Å². The zero-order valence-corrected chi connectivity index (χ0v) is 18.1. The molecule has 31 heavy (non-hydrogen) atoms. The first kappa shape index (κ1) is 24.3. The lowest BCUT2D eigenvalue weighted by Crippen LogP contribution is -2.54. The third-order valence-electron chi connectivity index (χ3n) is 5.13. The molecule has 2 aliphatic rings. The van der Waals surface area contributed by atoms with Gasteiger partial charge in [-0.3, -0.25) is 34.2 Å². The number of ether oxygens (including phenoxy) is 1. The van der Waals surface area contributed by atoms with Crippen LogP contribution in [0.4, 0.5) is 0 Å². The molecule has 11 heteroatoms. The fourth-order valence-electron chi connectivity index (χ4n) is 3.47. The number of nitrogens with zero attached hydrogens (tertiary/aromatic N) is 2. The average molecular weight is 453 g/mol. The molecule has 3 rings (SSSR count). The van der Waals surface area contributed by atoms with Gasteiger partial charge >= 0.3 is 0 Å². The number of piperidine rings is 1. The van der Waals surface area contributed by atoms with Crippen LogP contribution < -0.4 is 15.4 Å². The minimum absolute atomic E-state index is 0. The van der Waals surface area contributed by atoms with Crippen LogP contribution in [-0.4, -0.2) is 79.2 Å². The van der Waals surface area contributed by atoms with E-state index in [0.29, 0.717) is 6.54 Å². The third kappa shape index (κ3) is 5.02. The standard InChI is InChI=1S/C20H24N4O6.ClH/c1-21-9-4-10-23(2)16(26)11-30-14-6-3-5-12-17(14)20(29)24(19(12)28)13-7-8-15(25)22-18(13)27;/h3,5-6,13,21H,4,7-11H2,1-2H3,(H,22,25,27);1H. The van der Waals surface area contributed by atoms with Crippen molar-refractivity contribution in [2.45, 2.75) is 25.3 Å². The van der Waals surface area contributed by atoms with Crippen LogP contribution in [0.1, 0.15) is 40.0 Å². The molecule has 2 heterocycles. The number of carbonyl (C=O) groups excluding carboxylic acids is 5. The van der Waals surface area contributed by atoms with E-state index in [1.165, 1.54) is 17.0 Å². The number of benzene rings is 1. The van der Waals surface area contributed by atoms with E-state index in [2.05, 4.69) is 10.6 Å². The van der Waals surface area contributed by atoms with E-state index in [4.69, 9.17) is 4.74 Å². The molecule has 0 saturated carbocycles. The maximum atomic E-state index is 13.0. The number of carbonyl (C=O) groups is 5. The number of halogens is 1. The molecule has 1 unspecified atom stereocenters. The summed E-state index contributed by atoms with van der Waals surface area (Å²) >= 11 is 0. The molecular weight excluding hydrogens is 428 g/mol. The first-order valence-electron chi connectivity index (χ1n) is 9.71. The maximum Gasteiger partial charge on any atom is 0.266 e. The number of amides is 5. The van der Waals surface area contributed by atoms with Gasteiger partial charge < -0.3 is 15.0 Å². The number of fused-ring (bicyclic) bond motifs is 1. The zero-order valence-electron chi connectivity index (χ0n) is 17.3. The number of imide groups is 2. The predicted molar refractivity (Wildman–Crippen MR) is 112 cm³/mol. The van der Waals surface area contributed by atoms with Crippen molar-refractivity contribution in [1.82, 2.24) is 20.4 Å². The summed E-state index contributed by atoms with van der Waals surface area (Å²) in [5.74, 6) is -2.56. The summed E-state index contributed by atoms with van der Waals surface area (Å²) in [6.45, 7) is 1.04. The van der Waals surface area contributed by atoms with Crippen molar-refractivity contribution in [3.05, 3.63) is 29.3 Å². The summed E-state index contributed by atoms with van der Waals surface area (Å²) in [7, 11) is 3.49. The summed E-state index contributed by atoms with van der Waals surface area (Å²) in [6, 6.07) is 3.48. The molecule has 0 bridgehead atoms. The molecular formula is C20H25ClN4O6. The lowest BCUT2D eigenvalue weighted by Gasteiger charge is -2.27. The second-order valence-corrected chi connectivity index (χ2v) is 7.19. The van der Waals surface area contributed by atoms with E-state index in [1.807, 2.05) is 7.05 Å². The fourth-order valence-corrected chi connectivity index (χ4v) is 3.47. The summed E-state index contributed by atoms with van der Waals surface area (Å²) < 4.78 is 5.58. The Bertz CT molecular complexity index is 906. The van der Waals surface area contributed by atoms with Gasteiger partial charge in [0, 0.05) is 20.0 Å². The Kier molecular flexibility index (Phi) is 8.12. The highest BCUT2D eigenvalue weighted by molar-refractivity contribution is 6.24. The Morgan fingerprint density at radius 2 is 2.00 bits per heavy atom. The van der Waals surface area contributed by atoms with Crippen LogP contribution in [0.15, 0.2) is 18.2 Å². The first-order chi connectivity index (χ1) is 14.3. The minimum Gasteiger partial charge on any atom is -0.483 e. The van der Waals surface area contributed by atoms with Crippen molar-refractivity contribution < 1.29 is 28.7 Å². The smallest absolute Gasteiger partial charge is 0.266 e. The topological polar surface area (TPSA) is 125 Å². The Hall–Kier alpha value is -2.98. The van der Waals surface area contributed by atoms with Crippen molar-refractivity contribution in [3.63, 3.8) is 0 Å². The van der Waals surface area contributed by atoms with Gasteiger partial charge in [-0.2, -0.15) is 0 Å². The molecule has 0 aromatic heterocycles. The van der Waals surface area contributed by atoms with Gasteiger partial charge in [0.25, 0.3) is 17.7 Å². The molecule has 5 amide bonds. The molecule has 2 aliphatic heterocycles. The van der Waals surface area contributed by atoms with E-state index in [1.54, 1.807) is 13.1 Å². The van der Waals surface area contributed by atoms with E-state index in [9.17, 15) is 24.0 Å². The van der Waals surface area contributed by atoms with Gasteiger partial charge in [0.15, 0.2) is 6.61 Å². The highest BCUT2D eigenvalue weighted by atomic mass is 35.5. The summed E-state index contributed by atoms with van der Waals surface area (Å²) in [5.41, 5.74) is 0.134.